The molecule has 1 unspecified atom stereocenters. The second-order valence-corrected chi connectivity index (χ2v) is 5.16. The molecule has 0 saturated heterocycles. The summed E-state index contributed by atoms with van der Waals surface area (Å²) >= 11 is 6.12. The molecule has 0 aliphatic carbocycles. The summed E-state index contributed by atoms with van der Waals surface area (Å²) in [6.07, 6.45) is 2.30. The minimum atomic E-state index is -0.523. The average Bonchev–Trinajstić information content (AvgIpc) is 2.12. The van der Waals surface area contributed by atoms with E-state index in [1.165, 1.54) is 12.1 Å². The Morgan fingerprint density at radius 2 is 1.69 bits per heavy atom. The predicted octanol–water partition coefficient (Wildman–Crippen LogP) is 4.55. The summed E-state index contributed by atoms with van der Waals surface area (Å²) in [7, 11) is 0. The van der Waals surface area contributed by atoms with E-state index in [2.05, 4.69) is 13.8 Å². The normalized spacial score (nSPS) is 13.1. The quantitative estimate of drug-likeness (QED) is 0.669. The fraction of sp³-hybridized carbons (Fsp3) is 0.538. The minimum Gasteiger partial charge on any atom is -0.207 e. The molecule has 90 valence electrons. The van der Waals surface area contributed by atoms with Gasteiger partial charge in [-0.1, -0.05) is 13.8 Å². The van der Waals surface area contributed by atoms with E-state index in [0.29, 0.717) is 17.9 Å². The van der Waals surface area contributed by atoms with Gasteiger partial charge in [0.25, 0.3) is 0 Å². The van der Waals surface area contributed by atoms with Gasteiger partial charge >= 0.3 is 0 Å². The Morgan fingerprint density at radius 1 is 1.12 bits per heavy atom. The maximum atomic E-state index is 12.9. The molecule has 0 bridgehead atoms. The predicted molar refractivity (Wildman–Crippen MR) is 63.8 cm³/mol. The van der Waals surface area contributed by atoms with E-state index in [1.807, 2.05) is 0 Å². The van der Waals surface area contributed by atoms with Crippen molar-refractivity contribution in [3.05, 3.63) is 35.4 Å². The highest BCUT2D eigenvalue weighted by molar-refractivity contribution is 6.20. The van der Waals surface area contributed by atoms with Crippen LogP contribution in [0.5, 0.6) is 0 Å². The highest BCUT2D eigenvalue weighted by Crippen LogP contribution is 2.18. The summed E-state index contributed by atoms with van der Waals surface area (Å²) in [5.74, 6) is -0.498. The first-order valence-electron chi connectivity index (χ1n) is 5.56. The van der Waals surface area contributed by atoms with Gasteiger partial charge in [0.2, 0.25) is 0 Å². The molecular formula is C13H17ClF2. The summed E-state index contributed by atoms with van der Waals surface area (Å²) in [5, 5.41) is 0.0753. The lowest BCUT2D eigenvalue weighted by Crippen LogP contribution is -2.05. The largest absolute Gasteiger partial charge is 0.207 e. The van der Waals surface area contributed by atoms with Gasteiger partial charge < -0.3 is 0 Å². The van der Waals surface area contributed by atoms with Crippen LogP contribution in [0.15, 0.2) is 18.2 Å². The first-order chi connectivity index (χ1) is 7.47. The number of hydrogen-bond acceptors (Lipinski definition) is 0. The zero-order chi connectivity index (χ0) is 12.1. The van der Waals surface area contributed by atoms with Crippen LogP contribution in [0.25, 0.3) is 0 Å². The van der Waals surface area contributed by atoms with Crippen LogP contribution < -0.4 is 0 Å². The zero-order valence-electron chi connectivity index (χ0n) is 9.64. The second kappa shape index (κ2) is 6.19. The molecule has 1 aromatic carbocycles. The molecule has 0 aliphatic heterocycles. The molecule has 0 amide bonds. The van der Waals surface area contributed by atoms with Crippen molar-refractivity contribution in [2.24, 2.45) is 5.92 Å². The lowest BCUT2D eigenvalue weighted by Gasteiger charge is -2.11. The molecule has 1 aromatic rings. The number of benzene rings is 1. The first-order valence-corrected chi connectivity index (χ1v) is 6.00. The lowest BCUT2D eigenvalue weighted by molar-refractivity contribution is 0.541. The standard InChI is InChI=1S/C13H17ClF2/c1-9(2)5-11(14)4-3-10-6-12(15)8-13(16)7-10/h6-9,11H,3-5H2,1-2H3. The third-order valence-corrected chi connectivity index (χ3v) is 2.79. The maximum Gasteiger partial charge on any atom is 0.126 e. The van der Waals surface area contributed by atoms with Crippen molar-refractivity contribution in [3.8, 4) is 0 Å². The van der Waals surface area contributed by atoms with Crippen LogP contribution in [0.3, 0.4) is 0 Å². The van der Waals surface area contributed by atoms with E-state index in [9.17, 15) is 8.78 Å². The maximum absolute atomic E-state index is 12.9. The highest BCUT2D eigenvalue weighted by atomic mass is 35.5. The summed E-state index contributed by atoms with van der Waals surface area (Å²) in [6, 6.07) is 3.61. The summed E-state index contributed by atoms with van der Waals surface area (Å²) in [5.41, 5.74) is 0.673. The van der Waals surface area contributed by atoms with E-state index >= 15 is 0 Å². The monoisotopic (exact) mass is 246 g/mol. The van der Waals surface area contributed by atoms with Crippen molar-refractivity contribution >= 4 is 11.6 Å². The van der Waals surface area contributed by atoms with Gasteiger partial charge in [0.05, 0.1) is 0 Å². The molecular weight excluding hydrogens is 230 g/mol. The molecule has 16 heavy (non-hydrogen) atoms. The fourth-order valence-electron chi connectivity index (χ4n) is 1.71. The smallest absolute Gasteiger partial charge is 0.126 e. The molecule has 0 fully saturated rings. The number of rotatable bonds is 5. The zero-order valence-corrected chi connectivity index (χ0v) is 10.4. The highest BCUT2D eigenvalue weighted by Gasteiger charge is 2.08. The van der Waals surface area contributed by atoms with Gasteiger partial charge in [-0.15, -0.1) is 11.6 Å². The third kappa shape index (κ3) is 4.93. The molecule has 3 heteroatoms. The van der Waals surface area contributed by atoms with Crippen molar-refractivity contribution < 1.29 is 8.78 Å². The Morgan fingerprint density at radius 3 is 2.19 bits per heavy atom. The van der Waals surface area contributed by atoms with Gasteiger partial charge in [-0.25, -0.2) is 8.78 Å². The van der Waals surface area contributed by atoms with E-state index in [1.54, 1.807) is 0 Å². The Kier molecular flexibility index (Phi) is 5.20. The molecule has 0 spiro atoms. The molecule has 0 aliphatic rings. The minimum absolute atomic E-state index is 0.0753. The molecule has 0 aromatic heterocycles. The Labute approximate surface area is 101 Å². The number of alkyl halides is 1. The Balaban J connectivity index is 2.48. The van der Waals surface area contributed by atoms with Crippen LogP contribution in [0, 0.1) is 17.6 Å². The van der Waals surface area contributed by atoms with Crippen molar-refractivity contribution in [2.45, 2.75) is 38.5 Å². The number of halogens is 3. The summed E-state index contributed by atoms with van der Waals surface area (Å²) in [4.78, 5) is 0. The molecule has 0 saturated carbocycles. The Hall–Kier alpha value is -0.630. The average molecular weight is 247 g/mol. The van der Waals surface area contributed by atoms with Crippen LogP contribution in [0.1, 0.15) is 32.3 Å². The molecule has 0 N–H and O–H groups in total. The van der Waals surface area contributed by atoms with E-state index in [4.69, 9.17) is 11.6 Å². The topological polar surface area (TPSA) is 0 Å². The molecule has 0 heterocycles. The third-order valence-electron chi connectivity index (χ3n) is 2.40. The SMILES string of the molecule is CC(C)CC(Cl)CCc1cc(F)cc(F)c1. The number of aryl methyl sites for hydroxylation is 1. The van der Waals surface area contributed by atoms with Crippen LogP contribution in [0.4, 0.5) is 8.78 Å². The van der Waals surface area contributed by atoms with E-state index in [0.717, 1.165) is 18.9 Å². The van der Waals surface area contributed by atoms with Crippen molar-refractivity contribution in [2.75, 3.05) is 0 Å². The van der Waals surface area contributed by atoms with Crippen molar-refractivity contribution in [1.29, 1.82) is 0 Å². The van der Waals surface area contributed by atoms with E-state index < -0.39 is 11.6 Å². The van der Waals surface area contributed by atoms with Crippen LogP contribution >= 0.6 is 11.6 Å². The van der Waals surface area contributed by atoms with Gasteiger partial charge in [0, 0.05) is 11.4 Å². The lowest BCUT2D eigenvalue weighted by atomic mass is 10.0. The van der Waals surface area contributed by atoms with Crippen LogP contribution in [0.2, 0.25) is 0 Å². The molecule has 1 atom stereocenters. The fourth-order valence-corrected chi connectivity index (χ4v) is 2.17. The Bertz CT molecular complexity index is 316. The summed E-state index contributed by atoms with van der Waals surface area (Å²) in [6.45, 7) is 4.22. The van der Waals surface area contributed by atoms with Gasteiger partial charge in [-0.05, 0) is 42.9 Å². The van der Waals surface area contributed by atoms with Gasteiger partial charge in [-0.2, -0.15) is 0 Å². The number of hydrogen-bond donors (Lipinski definition) is 0. The molecule has 0 nitrogen and oxygen atoms in total. The summed E-state index contributed by atoms with van der Waals surface area (Å²) < 4.78 is 25.8. The first kappa shape index (κ1) is 13.4. The van der Waals surface area contributed by atoms with Gasteiger partial charge in [0.1, 0.15) is 11.6 Å². The van der Waals surface area contributed by atoms with Gasteiger partial charge in [-0.3, -0.25) is 0 Å². The van der Waals surface area contributed by atoms with Crippen LogP contribution in [-0.4, -0.2) is 5.38 Å². The van der Waals surface area contributed by atoms with Gasteiger partial charge in [0.15, 0.2) is 0 Å². The van der Waals surface area contributed by atoms with Crippen molar-refractivity contribution in [1.82, 2.24) is 0 Å². The van der Waals surface area contributed by atoms with Crippen molar-refractivity contribution in [3.63, 3.8) is 0 Å². The second-order valence-electron chi connectivity index (χ2n) is 4.54. The van der Waals surface area contributed by atoms with Crippen LogP contribution in [-0.2, 0) is 6.42 Å². The molecule has 0 radical (unpaired) electrons. The van der Waals surface area contributed by atoms with E-state index in [-0.39, 0.29) is 5.38 Å². The molecule has 1 rings (SSSR count).